The fraction of sp³-hybridized carbons (Fsp3) is 0.125. The minimum absolute atomic E-state index is 0.0432. The molecule has 0 fully saturated rings. The molecule has 1 aliphatic heterocycles. The van der Waals surface area contributed by atoms with Crippen LogP contribution < -0.4 is 15.2 Å². The van der Waals surface area contributed by atoms with E-state index < -0.39 is 23.6 Å². The molecule has 4 rings (SSSR count). The Kier molecular flexibility index (Phi) is 5.83. The van der Waals surface area contributed by atoms with Gasteiger partial charge in [0.05, 0.1) is 12.0 Å². The molecule has 8 heteroatoms. The summed E-state index contributed by atoms with van der Waals surface area (Å²) in [6, 6.07) is 16.0. The topological polar surface area (TPSA) is 116 Å². The number of phenols is 1. The minimum atomic E-state index is -0.620. The van der Waals surface area contributed by atoms with Crippen LogP contribution in [-0.2, 0) is 9.59 Å². The Labute approximate surface area is 188 Å². The van der Waals surface area contributed by atoms with Crippen molar-refractivity contribution in [3.8, 4) is 17.2 Å². The van der Waals surface area contributed by atoms with Crippen molar-refractivity contribution in [3.05, 3.63) is 87.9 Å². The molecule has 0 saturated heterocycles. The third-order valence-corrected chi connectivity index (χ3v) is 5.36. The number of aromatic hydroxyl groups is 1. The van der Waals surface area contributed by atoms with Gasteiger partial charge in [0.2, 0.25) is 0 Å². The molecule has 1 atom stereocenters. The van der Waals surface area contributed by atoms with Crippen LogP contribution in [0.25, 0.3) is 0 Å². The fourth-order valence-corrected chi connectivity index (χ4v) is 3.77. The Hall–Kier alpha value is -3.84. The van der Waals surface area contributed by atoms with Gasteiger partial charge in [-0.05, 0) is 54.1 Å². The van der Waals surface area contributed by atoms with E-state index in [9.17, 15) is 19.5 Å². The van der Waals surface area contributed by atoms with E-state index >= 15 is 0 Å². The third kappa shape index (κ3) is 4.29. The molecule has 3 N–H and O–H groups in total. The molecule has 0 spiro atoms. The molecule has 0 radical (unpaired) electrons. The second-order valence-electron chi connectivity index (χ2n) is 7.27. The molecule has 0 saturated carbocycles. The number of nitrogens with two attached hydrogens (primary N) is 1. The van der Waals surface area contributed by atoms with Crippen LogP contribution in [0.3, 0.4) is 0 Å². The number of primary amides is 1. The Morgan fingerprint density at radius 3 is 2.59 bits per heavy atom. The van der Waals surface area contributed by atoms with Crippen LogP contribution in [-0.4, -0.2) is 29.4 Å². The average Bonchev–Trinajstić information content (AvgIpc) is 2.77. The normalized spacial score (nSPS) is 14.9. The second kappa shape index (κ2) is 8.72. The average molecular weight is 452 g/mol. The Morgan fingerprint density at radius 2 is 1.88 bits per heavy atom. The number of carbonyl (C=O) groups is 3. The summed E-state index contributed by atoms with van der Waals surface area (Å²) in [6.07, 6.45) is -0.0432. The summed E-state index contributed by atoms with van der Waals surface area (Å²) < 4.78 is 10.7. The van der Waals surface area contributed by atoms with Gasteiger partial charge < -0.3 is 20.3 Å². The fourth-order valence-electron chi connectivity index (χ4n) is 3.65. The molecule has 0 aromatic heterocycles. The van der Waals surface area contributed by atoms with Gasteiger partial charge in [-0.2, -0.15) is 0 Å². The number of benzene rings is 3. The summed E-state index contributed by atoms with van der Waals surface area (Å²) in [6.45, 7) is -0.294. The lowest BCUT2D eigenvalue weighted by Gasteiger charge is -2.26. The highest BCUT2D eigenvalue weighted by Gasteiger charge is 2.33. The number of amides is 1. The molecule has 32 heavy (non-hydrogen) atoms. The van der Waals surface area contributed by atoms with Crippen molar-refractivity contribution in [3.63, 3.8) is 0 Å². The van der Waals surface area contributed by atoms with Crippen LogP contribution in [0.2, 0.25) is 5.02 Å². The van der Waals surface area contributed by atoms with Gasteiger partial charge in [0.1, 0.15) is 17.2 Å². The highest BCUT2D eigenvalue weighted by atomic mass is 35.5. The first kappa shape index (κ1) is 21.4. The maximum atomic E-state index is 13.0. The summed E-state index contributed by atoms with van der Waals surface area (Å²) in [5.74, 6) is -1.76. The molecular formula is C24H18ClNO6. The zero-order chi connectivity index (χ0) is 22.8. The van der Waals surface area contributed by atoms with Crippen LogP contribution in [0.15, 0.2) is 60.7 Å². The summed E-state index contributed by atoms with van der Waals surface area (Å²) in [4.78, 5) is 36.2. The maximum absolute atomic E-state index is 13.0. The van der Waals surface area contributed by atoms with E-state index in [0.29, 0.717) is 27.5 Å². The molecule has 1 heterocycles. The number of ether oxygens (including phenoxy) is 2. The van der Waals surface area contributed by atoms with E-state index in [0.717, 1.165) is 0 Å². The number of halogens is 1. The van der Waals surface area contributed by atoms with Crippen molar-refractivity contribution in [2.75, 3.05) is 6.61 Å². The van der Waals surface area contributed by atoms with Crippen molar-refractivity contribution >= 4 is 29.3 Å². The Bertz CT molecular complexity index is 1220. The second-order valence-corrected chi connectivity index (χ2v) is 7.70. The van der Waals surface area contributed by atoms with Crippen molar-refractivity contribution < 1.29 is 29.0 Å². The zero-order valence-electron chi connectivity index (χ0n) is 16.7. The van der Waals surface area contributed by atoms with Gasteiger partial charge in [0, 0.05) is 22.1 Å². The number of carbonyl (C=O) groups excluding carboxylic acids is 3. The number of esters is 1. The monoisotopic (exact) mass is 451 g/mol. The third-order valence-electron chi connectivity index (χ3n) is 5.11. The molecule has 1 amide bonds. The van der Waals surface area contributed by atoms with Gasteiger partial charge in [0.25, 0.3) is 5.91 Å². The van der Waals surface area contributed by atoms with Crippen molar-refractivity contribution in [1.82, 2.24) is 0 Å². The highest BCUT2D eigenvalue weighted by molar-refractivity contribution is 6.30. The maximum Gasteiger partial charge on any atom is 0.312 e. The van der Waals surface area contributed by atoms with Crippen molar-refractivity contribution in [2.24, 2.45) is 5.73 Å². The predicted octanol–water partition coefficient (Wildman–Crippen LogP) is 3.58. The molecule has 0 aliphatic carbocycles. The van der Waals surface area contributed by atoms with Gasteiger partial charge in [-0.1, -0.05) is 23.7 Å². The van der Waals surface area contributed by atoms with Gasteiger partial charge in [0.15, 0.2) is 12.4 Å². The largest absolute Gasteiger partial charge is 0.507 e. The summed E-state index contributed by atoms with van der Waals surface area (Å²) in [5, 5.41) is 11.5. The number of fused-ring (bicyclic) bond motifs is 1. The van der Waals surface area contributed by atoms with E-state index in [4.69, 9.17) is 26.8 Å². The lowest BCUT2D eigenvalue weighted by molar-refractivity contribution is -0.135. The number of hydrogen-bond donors (Lipinski definition) is 2. The van der Waals surface area contributed by atoms with Crippen LogP contribution in [0.1, 0.15) is 39.4 Å². The van der Waals surface area contributed by atoms with E-state index in [1.165, 1.54) is 12.1 Å². The van der Waals surface area contributed by atoms with E-state index in [-0.39, 0.29) is 30.1 Å². The summed E-state index contributed by atoms with van der Waals surface area (Å²) >= 11 is 5.90. The van der Waals surface area contributed by atoms with Gasteiger partial charge in [-0.3, -0.25) is 14.4 Å². The van der Waals surface area contributed by atoms with E-state index in [1.807, 2.05) is 0 Å². The molecule has 7 nitrogen and oxygen atoms in total. The van der Waals surface area contributed by atoms with Crippen LogP contribution in [0, 0.1) is 0 Å². The predicted molar refractivity (Wildman–Crippen MR) is 116 cm³/mol. The first-order valence-corrected chi connectivity index (χ1v) is 10.1. The van der Waals surface area contributed by atoms with E-state index in [2.05, 4.69) is 0 Å². The quantitative estimate of drug-likeness (QED) is 0.336. The van der Waals surface area contributed by atoms with Gasteiger partial charge >= 0.3 is 5.97 Å². The first-order valence-electron chi connectivity index (χ1n) is 9.71. The zero-order valence-corrected chi connectivity index (χ0v) is 17.5. The molecule has 1 aliphatic rings. The SMILES string of the molecule is NC(=O)COc1cccc(C2CC(=O)Oc3ccc(C(=O)c4ccc(Cl)cc4)c(O)c32)c1. The van der Waals surface area contributed by atoms with Gasteiger partial charge in [-0.25, -0.2) is 0 Å². The van der Waals surface area contributed by atoms with Crippen molar-refractivity contribution in [1.29, 1.82) is 0 Å². The first-order chi connectivity index (χ1) is 15.3. The van der Waals surface area contributed by atoms with Crippen LogP contribution in [0.5, 0.6) is 17.2 Å². The molecule has 0 bridgehead atoms. The molecule has 162 valence electrons. The molecular weight excluding hydrogens is 434 g/mol. The number of hydrogen-bond acceptors (Lipinski definition) is 6. The summed E-state index contributed by atoms with van der Waals surface area (Å²) in [7, 11) is 0. The lowest BCUT2D eigenvalue weighted by Crippen LogP contribution is -2.22. The molecule has 1 unspecified atom stereocenters. The smallest absolute Gasteiger partial charge is 0.312 e. The van der Waals surface area contributed by atoms with Crippen molar-refractivity contribution in [2.45, 2.75) is 12.3 Å². The van der Waals surface area contributed by atoms with Gasteiger partial charge in [-0.15, -0.1) is 0 Å². The van der Waals surface area contributed by atoms with Crippen LogP contribution >= 0.6 is 11.6 Å². The number of ketones is 1. The Balaban J connectivity index is 1.75. The standard InChI is InChI=1S/C24H18ClNO6/c25-15-6-4-13(5-7-15)23(29)17-8-9-19-22(24(17)30)18(11-21(28)32-19)14-2-1-3-16(10-14)31-12-20(26)27/h1-10,18,30H,11-12H2,(H2,26,27). The lowest BCUT2D eigenvalue weighted by atomic mass is 9.84. The minimum Gasteiger partial charge on any atom is -0.507 e. The van der Waals surface area contributed by atoms with E-state index in [1.54, 1.807) is 48.5 Å². The van der Waals surface area contributed by atoms with Crippen LogP contribution in [0.4, 0.5) is 0 Å². The highest BCUT2D eigenvalue weighted by Crippen LogP contribution is 2.46. The number of rotatable bonds is 6. The molecule has 3 aromatic carbocycles. The Morgan fingerprint density at radius 1 is 1.12 bits per heavy atom. The summed E-state index contributed by atoms with van der Waals surface area (Å²) in [5.41, 5.74) is 6.54. The molecule has 3 aromatic rings. The number of phenolic OH excluding ortho intramolecular Hbond substituents is 1.